The largest absolute Gasteiger partial charge is 0.497 e. The first-order valence-electron chi connectivity index (χ1n) is 13.2. The van der Waals surface area contributed by atoms with Crippen molar-refractivity contribution < 1.29 is 23.5 Å². The number of aromatic nitrogens is 2. The van der Waals surface area contributed by atoms with E-state index in [0.717, 1.165) is 22.5 Å². The fourth-order valence-corrected chi connectivity index (χ4v) is 4.44. The van der Waals surface area contributed by atoms with Crippen LogP contribution in [0.2, 0.25) is 0 Å². The lowest BCUT2D eigenvalue weighted by atomic mass is 9.91. The molecule has 9 nitrogen and oxygen atoms in total. The predicted molar refractivity (Wildman–Crippen MR) is 157 cm³/mol. The Morgan fingerprint density at radius 2 is 1.78 bits per heavy atom. The number of benzene rings is 2. The highest BCUT2D eigenvalue weighted by Gasteiger charge is 2.27. The third-order valence-electron chi connectivity index (χ3n) is 6.35. The molecule has 214 valence electrons. The summed E-state index contributed by atoms with van der Waals surface area (Å²) in [6.45, 7) is 7.27. The SMILES string of the molecule is COc1ccc([C@@H](Nc2nc(Nc3ccc4ncccc4c3)c(C(N)=O)cc2F)[C@H](C)CC(=O)OC(C)(C)C)cc1. The zero-order chi connectivity index (χ0) is 29.7. The second-order valence-corrected chi connectivity index (χ2v) is 10.8. The van der Waals surface area contributed by atoms with E-state index in [0.29, 0.717) is 11.4 Å². The molecule has 4 N–H and O–H groups in total. The van der Waals surface area contributed by atoms with Gasteiger partial charge in [-0.15, -0.1) is 0 Å². The van der Waals surface area contributed by atoms with Crippen LogP contribution in [0.4, 0.5) is 21.7 Å². The number of nitrogens with zero attached hydrogens (tertiary/aromatic N) is 2. The first-order chi connectivity index (χ1) is 19.4. The molecule has 0 fully saturated rings. The van der Waals surface area contributed by atoms with Gasteiger partial charge in [0.15, 0.2) is 11.6 Å². The fourth-order valence-electron chi connectivity index (χ4n) is 4.44. The summed E-state index contributed by atoms with van der Waals surface area (Å²) in [5, 5.41) is 7.12. The minimum absolute atomic E-state index is 0.0676. The van der Waals surface area contributed by atoms with E-state index in [1.165, 1.54) is 0 Å². The normalized spacial score (nSPS) is 12.8. The second-order valence-electron chi connectivity index (χ2n) is 10.8. The molecule has 2 aromatic heterocycles. The number of pyridine rings is 2. The molecule has 0 unspecified atom stereocenters. The third-order valence-corrected chi connectivity index (χ3v) is 6.35. The number of esters is 1. The number of amides is 1. The summed E-state index contributed by atoms with van der Waals surface area (Å²) >= 11 is 0. The molecule has 0 radical (unpaired) electrons. The number of nitrogens with one attached hydrogen (secondary N) is 2. The molecule has 41 heavy (non-hydrogen) atoms. The van der Waals surface area contributed by atoms with Gasteiger partial charge >= 0.3 is 5.97 Å². The van der Waals surface area contributed by atoms with Crippen molar-refractivity contribution in [3.05, 3.63) is 83.8 Å². The van der Waals surface area contributed by atoms with E-state index in [1.807, 2.05) is 43.3 Å². The number of primary amides is 1. The maximum Gasteiger partial charge on any atom is 0.306 e. The highest BCUT2D eigenvalue weighted by atomic mass is 19.1. The zero-order valence-electron chi connectivity index (χ0n) is 23.7. The van der Waals surface area contributed by atoms with Crippen molar-refractivity contribution in [1.29, 1.82) is 0 Å². The Balaban J connectivity index is 1.69. The van der Waals surface area contributed by atoms with Crippen molar-refractivity contribution in [3.63, 3.8) is 0 Å². The average molecular weight is 560 g/mol. The number of hydrogen-bond donors (Lipinski definition) is 3. The summed E-state index contributed by atoms with van der Waals surface area (Å²) in [5.41, 5.74) is 7.01. The van der Waals surface area contributed by atoms with Gasteiger partial charge in [0, 0.05) is 17.3 Å². The van der Waals surface area contributed by atoms with Crippen molar-refractivity contribution in [1.82, 2.24) is 9.97 Å². The number of nitrogens with two attached hydrogens (primary N) is 1. The summed E-state index contributed by atoms with van der Waals surface area (Å²) in [7, 11) is 1.57. The van der Waals surface area contributed by atoms with Crippen molar-refractivity contribution in [3.8, 4) is 5.75 Å². The average Bonchev–Trinajstić information content (AvgIpc) is 2.91. The molecule has 0 aliphatic rings. The number of carbonyl (C=O) groups excluding carboxylic acids is 2. The van der Waals surface area contributed by atoms with Gasteiger partial charge in [0.1, 0.15) is 17.2 Å². The van der Waals surface area contributed by atoms with Gasteiger partial charge in [0.05, 0.1) is 30.7 Å². The fraction of sp³-hybridized carbons (Fsp3) is 0.290. The molecular formula is C31H34FN5O4. The van der Waals surface area contributed by atoms with Gasteiger partial charge in [-0.25, -0.2) is 9.37 Å². The molecule has 2 aromatic carbocycles. The number of hydrogen-bond acceptors (Lipinski definition) is 8. The molecule has 0 saturated carbocycles. The highest BCUT2D eigenvalue weighted by molar-refractivity contribution is 5.99. The number of fused-ring (bicyclic) bond motifs is 1. The Kier molecular flexibility index (Phi) is 8.71. The number of ether oxygens (including phenoxy) is 2. The summed E-state index contributed by atoms with van der Waals surface area (Å²) < 4.78 is 26.2. The van der Waals surface area contributed by atoms with Gasteiger partial charge in [0.2, 0.25) is 0 Å². The van der Waals surface area contributed by atoms with E-state index in [1.54, 1.807) is 52.3 Å². The van der Waals surface area contributed by atoms with Crippen LogP contribution in [-0.2, 0) is 9.53 Å². The molecule has 4 rings (SSSR count). The maximum absolute atomic E-state index is 15.4. The lowest BCUT2D eigenvalue weighted by Crippen LogP contribution is -2.28. The Hall–Kier alpha value is -4.73. The molecule has 4 aromatic rings. The number of anilines is 3. The van der Waals surface area contributed by atoms with Gasteiger partial charge in [0.25, 0.3) is 5.91 Å². The summed E-state index contributed by atoms with van der Waals surface area (Å²) in [6, 6.07) is 16.9. The standard InChI is InChI=1S/C31H34FN5O4/c1-18(15-26(38)41-31(2,3)4)27(19-8-11-22(40-5)12-9-19)36-30-24(32)17-23(28(33)39)29(37-30)35-21-10-13-25-20(16-21)7-6-14-34-25/h6-14,16-18,27H,15H2,1-5H3,(H2,33,39)(H2,35,36,37)/t18-,27+/m1/s1. The molecular weight excluding hydrogens is 525 g/mol. The van der Waals surface area contributed by atoms with Crippen LogP contribution in [0.15, 0.2) is 66.9 Å². The Bertz CT molecular complexity index is 1550. The molecule has 2 atom stereocenters. The van der Waals surface area contributed by atoms with Crippen LogP contribution in [0.3, 0.4) is 0 Å². The van der Waals surface area contributed by atoms with Crippen molar-refractivity contribution in [2.75, 3.05) is 17.7 Å². The summed E-state index contributed by atoms with van der Waals surface area (Å²) in [6.07, 6.45) is 1.77. The minimum Gasteiger partial charge on any atom is -0.497 e. The van der Waals surface area contributed by atoms with Crippen LogP contribution in [-0.4, -0.2) is 34.6 Å². The van der Waals surface area contributed by atoms with Gasteiger partial charge in [-0.1, -0.05) is 25.1 Å². The summed E-state index contributed by atoms with van der Waals surface area (Å²) in [5.74, 6) is -1.70. The molecule has 0 aliphatic heterocycles. The van der Waals surface area contributed by atoms with Gasteiger partial charge in [-0.05, 0) is 74.7 Å². The Morgan fingerprint density at radius 3 is 2.44 bits per heavy atom. The number of halogens is 1. The topological polar surface area (TPSA) is 128 Å². The van der Waals surface area contributed by atoms with Crippen LogP contribution < -0.4 is 21.1 Å². The Morgan fingerprint density at radius 1 is 1.05 bits per heavy atom. The van der Waals surface area contributed by atoms with Crippen LogP contribution >= 0.6 is 0 Å². The van der Waals surface area contributed by atoms with Crippen molar-refractivity contribution >= 4 is 40.1 Å². The van der Waals surface area contributed by atoms with E-state index in [-0.39, 0.29) is 35.5 Å². The van der Waals surface area contributed by atoms with Crippen LogP contribution in [0.25, 0.3) is 10.9 Å². The predicted octanol–water partition coefficient (Wildman–Crippen LogP) is 6.14. The van der Waals surface area contributed by atoms with E-state index >= 15 is 4.39 Å². The molecule has 0 spiro atoms. The van der Waals surface area contributed by atoms with Crippen LogP contribution in [0.5, 0.6) is 5.75 Å². The van der Waals surface area contributed by atoms with E-state index < -0.39 is 23.4 Å². The maximum atomic E-state index is 15.4. The highest BCUT2D eigenvalue weighted by Crippen LogP contribution is 2.33. The first-order valence-corrected chi connectivity index (χ1v) is 13.2. The minimum atomic E-state index is -0.835. The van der Waals surface area contributed by atoms with Crippen LogP contribution in [0, 0.1) is 11.7 Å². The van der Waals surface area contributed by atoms with Crippen LogP contribution in [0.1, 0.15) is 56.1 Å². The number of methoxy groups -OCH3 is 1. The first kappa shape index (κ1) is 29.3. The molecule has 0 saturated heterocycles. The van der Waals surface area contributed by atoms with Gasteiger partial charge < -0.3 is 25.8 Å². The lowest BCUT2D eigenvalue weighted by molar-refractivity contribution is -0.155. The van der Waals surface area contributed by atoms with E-state index in [4.69, 9.17) is 15.2 Å². The molecule has 2 heterocycles. The zero-order valence-corrected chi connectivity index (χ0v) is 23.7. The lowest BCUT2D eigenvalue weighted by Gasteiger charge is -2.28. The quantitative estimate of drug-likeness (QED) is 0.198. The van der Waals surface area contributed by atoms with Crippen molar-refractivity contribution in [2.24, 2.45) is 11.7 Å². The molecule has 10 heteroatoms. The number of rotatable bonds is 10. The third kappa shape index (κ3) is 7.47. The van der Waals surface area contributed by atoms with Gasteiger partial charge in [-0.2, -0.15) is 0 Å². The number of carbonyl (C=O) groups is 2. The Labute approximate surface area is 238 Å². The molecule has 1 amide bonds. The summed E-state index contributed by atoms with van der Waals surface area (Å²) in [4.78, 5) is 33.6. The smallest absolute Gasteiger partial charge is 0.306 e. The monoisotopic (exact) mass is 559 g/mol. The second kappa shape index (κ2) is 12.2. The van der Waals surface area contributed by atoms with Gasteiger partial charge in [-0.3, -0.25) is 14.6 Å². The molecule has 0 aliphatic carbocycles. The van der Waals surface area contributed by atoms with E-state index in [9.17, 15) is 9.59 Å². The van der Waals surface area contributed by atoms with E-state index in [2.05, 4.69) is 20.6 Å². The van der Waals surface area contributed by atoms with Crippen molar-refractivity contribution in [2.45, 2.75) is 45.8 Å². The molecule has 0 bridgehead atoms.